The zero-order chi connectivity index (χ0) is 11.2. The van der Waals surface area contributed by atoms with Crippen LogP contribution < -0.4 is 10.6 Å². The molecule has 2 N–H and O–H groups in total. The van der Waals surface area contributed by atoms with Gasteiger partial charge < -0.3 is 10.6 Å². The highest BCUT2D eigenvalue weighted by atomic mass is 16.1. The van der Waals surface area contributed by atoms with Gasteiger partial charge in [-0.15, -0.1) is 0 Å². The molecule has 4 nitrogen and oxygen atoms in total. The number of rotatable bonds is 4. The van der Waals surface area contributed by atoms with E-state index in [0.717, 1.165) is 13.0 Å². The average Bonchev–Trinajstić information content (AvgIpc) is 2.83. The van der Waals surface area contributed by atoms with E-state index in [-0.39, 0.29) is 5.91 Å². The Morgan fingerprint density at radius 2 is 2.50 bits per heavy atom. The van der Waals surface area contributed by atoms with Gasteiger partial charge in [0.1, 0.15) is 5.69 Å². The summed E-state index contributed by atoms with van der Waals surface area (Å²) in [6.45, 7) is 1.83. The van der Waals surface area contributed by atoms with Crippen LogP contribution in [0.25, 0.3) is 0 Å². The molecule has 1 fully saturated rings. The third-order valence-electron chi connectivity index (χ3n) is 2.84. The molecule has 0 aliphatic carbocycles. The third-order valence-corrected chi connectivity index (χ3v) is 2.84. The fraction of sp³-hybridized carbons (Fsp3) is 0.500. The van der Waals surface area contributed by atoms with Crippen LogP contribution >= 0.6 is 0 Å². The van der Waals surface area contributed by atoms with Gasteiger partial charge in [-0.05, 0) is 37.9 Å². The van der Waals surface area contributed by atoms with Crippen LogP contribution in [0.3, 0.4) is 0 Å². The maximum absolute atomic E-state index is 11.6. The Bertz CT molecular complexity index is 333. The minimum absolute atomic E-state index is 0.0846. The highest BCUT2D eigenvalue weighted by Crippen LogP contribution is 2.07. The first-order chi connectivity index (χ1) is 7.86. The molecule has 0 bridgehead atoms. The molecule has 1 unspecified atom stereocenters. The van der Waals surface area contributed by atoms with Crippen molar-refractivity contribution < 1.29 is 4.79 Å². The second-order valence-corrected chi connectivity index (χ2v) is 4.05. The number of pyridine rings is 1. The molecule has 4 heteroatoms. The number of carbonyl (C=O) groups excluding carboxylic acids is 1. The van der Waals surface area contributed by atoms with Crippen LogP contribution in [0, 0.1) is 0 Å². The first kappa shape index (κ1) is 11.1. The topological polar surface area (TPSA) is 54.0 Å². The summed E-state index contributed by atoms with van der Waals surface area (Å²) in [7, 11) is 0. The van der Waals surface area contributed by atoms with E-state index in [1.54, 1.807) is 18.3 Å². The quantitative estimate of drug-likeness (QED) is 0.793. The van der Waals surface area contributed by atoms with Gasteiger partial charge in [0.2, 0.25) is 0 Å². The Hall–Kier alpha value is -1.42. The maximum Gasteiger partial charge on any atom is 0.269 e. The zero-order valence-corrected chi connectivity index (χ0v) is 9.28. The van der Waals surface area contributed by atoms with E-state index in [4.69, 9.17) is 0 Å². The van der Waals surface area contributed by atoms with Crippen LogP contribution in [-0.2, 0) is 0 Å². The first-order valence-electron chi connectivity index (χ1n) is 5.79. The van der Waals surface area contributed by atoms with Crippen molar-refractivity contribution >= 4 is 5.91 Å². The molecule has 0 spiro atoms. The molecule has 1 aromatic heterocycles. The molecule has 1 aromatic rings. The first-order valence-corrected chi connectivity index (χ1v) is 5.79. The van der Waals surface area contributed by atoms with Crippen molar-refractivity contribution in [3.8, 4) is 0 Å². The zero-order valence-electron chi connectivity index (χ0n) is 9.28. The van der Waals surface area contributed by atoms with Crippen molar-refractivity contribution in [2.24, 2.45) is 0 Å². The number of carbonyl (C=O) groups is 1. The van der Waals surface area contributed by atoms with E-state index in [0.29, 0.717) is 18.3 Å². The molecular formula is C12H17N3O. The molecule has 2 rings (SSSR count). The van der Waals surface area contributed by atoms with Gasteiger partial charge in [0.25, 0.3) is 5.91 Å². The number of nitrogens with zero attached hydrogens (tertiary/aromatic N) is 1. The van der Waals surface area contributed by atoms with Crippen molar-refractivity contribution in [1.82, 2.24) is 15.6 Å². The smallest absolute Gasteiger partial charge is 0.269 e. The maximum atomic E-state index is 11.6. The lowest BCUT2D eigenvalue weighted by Gasteiger charge is -2.10. The molecule has 1 aliphatic rings. The number of hydrogen-bond donors (Lipinski definition) is 2. The SMILES string of the molecule is O=C(NCCC1CCCN1)c1ccccn1. The Morgan fingerprint density at radius 1 is 1.56 bits per heavy atom. The normalized spacial score (nSPS) is 19.6. The molecule has 1 aliphatic heterocycles. The molecule has 16 heavy (non-hydrogen) atoms. The van der Waals surface area contributed by atoms with Crippen molar-refractivity contribution in [1.29, 1.82) is 0 Å². The molecule has 86 valence electrons. The van der Waals surface area contributed by atoms with E-state index >= 15 is 0 Å². The standard InChI is InChI=1S/C12H17N3O/c16-12(11-5-1-2-7-14-11)15-9-6-10-4-3-8-13-10/h1-2,5,7,10,13H,3-4,6,8-9H2,(H,15,16). The predicted octanol–water partition coefficient (Wildman–Crippen LogP) is 0.953. The van der Waals surface area contributed by atoms with E-state index in [9.17, 15) is 4.79 Å². The van der Waals surface area contributed by atoms with Gasteiger partial charge in [-0.2, -0.15) is 0 Å². The summed E-state index contributed by atoms with van der Waals surface area (Å²) in [5, 5.41) is 6.29. The van der Waals surface area contributed by atoms with Gasteiger partial charge in [-0.25, -0.2) is 0 Å². The van der Waals surface area contributed by atoms with E-state index < -0.39 is 0 Å². The Kier molecular flexibility index (Phi) is 3.88. The van der Waals surface area contributed by atoms with Gasteiger partial charge in [0, 0.05) is 18.8 Å². The van der Waals surface area contributed by atoms with Crippen LogP contribution in [0.4, 0.5) is 0 Å². The predicted molar refractivity (Wildman–Crippen MR) is 62.2 cm³/mol. The highest BCUT2D eigenvalue weighted by molar-refractivity contribution is 5.92. The van der Waals surface area contributed by atoms with Crippen LogP contribution in [0.15, 0.2) is 24.4 Å². The number of hydrogen-bond acceptors (Lipinski definition) is 3. The number of amides is 1. The largest absolute Gasteiger partial charge is 0.351 e. The van der Waals surface area contributed by atoms with E-state index in [1.165, 1.54) is 12.8 Å². The molecule has 0 aromatic carbocycles. The van der Waals surface area contributed by atoms with Crippen LogP contribution in [0.2, 0.25) is 0 Å². The van der Waals surface area contributed by atoms with Gasteiger partial charge >= 0.3 is 0 Å². The average molecular weight is 219 g/mol. The van der Waals surface area contributed by atoms with Crippen molar-refractivity contribution in [2.75, 3.05) is 13.1 Å². The van der Waals surface area contributed by atoms with Gasteiger partial charge in [-0.1, -0.05) is 6.07 Å². The van der Waals surface area contributed by atoms with E-state index in [2.05, 4.69) is 15.6 Å². The second-order valence-electron chi connectivity index (χ2n) is 4.05. The van der Waals surface area contributed by atoms with Crippen molar-refractivity contribution in [3.63, 3.8) is 0 Å². The Labute approximate surface area is 95.5 Å². The molecular weight excluding hydrogens is 202 g/mol. The molecule has 1 amide bonds. The molecule has 0 radical (unpaired) electrons. The van der Waals surface area contributed by atoms with Crippen LogP contribution in [-0.4, -0.2) is 30.0 Å². The van der Waals surface area contributed by atoms with Gasteiger partial charge in [0.05, 0.1) is 0 Å². The fourth-order valence-corrected chi connectivity index (χ4v) is 1.95. The molecule has 0 saturated carbocycles. The Morgan fingerprint density at radius 3 is 3.19 bits per heavy atom. The van der Waals surface area contributed by atoms with Gasteiger partial charge in [0.15, 0.2) is 0 Å². The van der Waals surface area contributed by atoms with Gasteiger partial charge in [-0.3, -0.25) is 9.78 Å². The Balaban J connectivity index is 1.71. The minimum Gasteiger partial charge on any atom is -0.351 e. The minimum atomic E-state index is -0.0846. The molecule has 1 atom stereocenters. The van der Waals surface area contributed by atoms with Crippen LogP contribution in [0.5, 0.6) is 0 Å². The summed E-state index contributed by atoms with van der Waals surface area (Å²) in [6, 6.07) is 5.92. The number of nitrogens with one attached hydrogen (secondary N) is 2. The second kappa shape index (κ2) is 5.61. The lowest BCUT2D eigenvalue weighted by atomic mass is 10.1. The van der Waals surface area contributed by atoms with Crippen molar-refractivity contribution in [3.05, 3.63) is 30.1 Å². The summed E-state index contributed by atoms with van der Waals surface area (Å²) >= 11 is 0. The van der Waals surface area contributed by atoms with E-state index in [1.807, 2.05) is 6.07 Å². The monoisotopic (exact) mass is 219 g/mol. The third kappa shape index (κ3) is 3.03. The fourth-order valence-electron chi connectivity index (χ4n) is 1.95. The summed E-state index contributed by atoms with van der Waals surface area (Å²) in [6.07, 6.45) is 5.10. The highest BCUT2D eigenvalue weighted by Gasteiger charge is 2.13. The lowest BCUT2D eigenvalue weighted by molar-refractivity contribution is 0.0947. The number of aromatic nitrogens is 1. The lowest BCUT2D eigenvalue weighted by Crippen LogP contribution is -2.30. The molecule has 2 heterocycles. The van der Waals surface area contributed by atoms with Crippen LogP contribution in [0.1, 0.15) is 29.8 Å². The van der Waals surface area contributed by atoms with Crippen molar-refractivity contribution in [2.45, 2.75) is 25.3 Å². The summed E-state index contributed by atoms with van der Waals surface area (Å²) < 4.78 is 0. The molecule has 1 saturated heterocycles. The summed E-state index contributed by atoms with van der Waals surface area (Å²) in [4.78, 5) is 15.6. The summed E-state index contributed by atoms with van der Waals surface area (Å²) in [5.74, 6) is -0.0846. The summed E-state index contributed by atoms with van der Waals surface area (Å²) in [5.41, 5.74) is 0.488.